The highest BCUT2D eigenvalue weighted by molar-refractivity contribution is 6.12. The molecule has 0 aliphatic carbocycles. The van der Waals surface area contributed by atoms with Crippen LogP contribution in [0.15, 0.2) is 67.0 Å². The zero-order valence-corrected chi connectivity index (χ0v) is 18.6. The van der Waals surface area contributed by atoms with E-state index >= 15 is 0 Å². The van der Waals surface area contributed by atoms with Crippen molar-refractivity contribution in [3.63, 3.8) is 0 Å². The van der Waals surface area contributed by atoms with Crippen molar-refractivity contribution in [3.05, 3.63) is 93.8 Å². The lowest BCUT2D eigenvalue weighted by atomic mass is 9.70. The van der Waals surface area contributed by atoms with Crippen LogP contribution < -0.4 is 10.1 Å². The number of nitrogens with one attached hydrogen (secondary N) is 1. The number of rotatable bonds is 5. The molecule has 1 saturated heterocycles. The molecular weight excluding hydrogens is 436 g/mol. The number of Topliss-reactive ketones (excluding diaryl/α,β-unsaturated/α-hetero) is 1. The van der Waals surface area contributed by atoms with E-state index in [0.717, 1.165) is 0 Å². The van der Waals surface area contributed by atoms with E-state index in [-0.39, 0.29) is 17.4 Å². The Balaban J connectivity index is 1.74. The molecule has 1 aromatic heterocycles. The van der Waals surface area contributed by atoms with Crippen molar-refractivity contribution in [2.24, 2.45) is 5.92 Å². The number of likely N-dealkylation sites (N-methyl/N-ethyl adjacent to an activating group) is 1. The van der Waals surface area contributed by atoms with E-state index in [1.807, 2.05) is 4.90 Å². The summed E-state index contributed by atoms with van der Waals surface area (Å²) in [5, 5.41) is 14.4. The van der Waals surface area contributed by atoms with Crippen LogP contribution in [-0.2, 0) is 10.3 Å². The van der Waals surface area contributed by atoms with Gasteiger partial charge in [-0.25, -0.2) is 0 Å². The molecule has 34 heavy (non-hydrogen) atoms. The summed E-state index contributed by atoms with van der Waals surface area (Å²) in [5.41, 5.74) is 0.960. The highest BCUT2D eigenvalue weighted by atomic mass is 16.6. The number of benzene rings is 2. The van der Waals surface area contributed by atoms with Gasteiger partial charge in [-0.2, -0.15) is 0 Å². The second kappa shape index (κ2) is 8.03. The maximum Gasteiger partial charge on any atom is 0.269 e. The number of carbonyl (C=O) groups excluding carboxylic acids is 2. The molecule has 1 spiro atoms. The number of hydrogen-bond donors (Lipinski definition) is 1. The summed E-state index contributed by atoms with van der Waals surface area (Å²) >= 11 is 0. The van der Waals surface area contributed by atoms with Crippen molar-refractivity contribution in [3.8, 4) is 5.75 Å². The number of pyridine rings is 1. The number of fused-ring (bicyclic) bond motifs is 2. The van der Waals surface area contributed by atoms with Gasteiger partial charge in [0.15, 0.2) is 5.78 Å². The van der Waals surface area contributed by atoms with Crippen LogP contribution in [0.2, 0.25) is 0 Å². The van der Waals surface area contributed by atoms with E-state index < -0.39 is 22.3 Å². The average molecular weight is 458 g/mol. The zero-order valence-electron chi connectivity index (χ0n) is 18.6. The Morgan fingerprint density at radius 1 is 1.21 bits per heavy atom. The lowest BCUT2D eigenvalue weighted by molar-refractivity contribution is -0.384. The van der Waals surface area contributed by atoms with Crippen molar-refractivity contribution >= 4 is 23.1 Å². The summed E-state index contributed by atoms with van der Waals surface area (Å²) in [6.45, 7) is 0.354. The number of nitrogens with zero attached hydrogens (tertiary/aromatic N) is 3. The molecule has 2 aromatic carbocycles. The van der Waals surface area contributed by atoms with Crippen LogP contribution in [0.25, 0.3) is 0 Å². The Kier molecular flexibility index (Phi) is 5.13. The van der Waals surface area contributed by atoms with Gasteiger partial charge >= 0.3 is 0 Å². The zero-order chi connectivity index (χ0) is 24.0. The summed E-state index contributed by atoms with van der Waals surface area (Å²) < 4.78 is 5.42. The monoisotopic (exact) mass is 458 g/mol. The minimum atomic E-state index is -1.31. The number of methoxy groups -OCH3 is 1. The van der Waals surface area contributed by atoms with Crippen molar-refractivity contribution in [2.45, 2.75) is 11.5 Å². The molecule has 3 atom stereocenters. The Bertz CT molecular complexity index is 1310. The van der Waals surface area contributed by atoms with Crippen LogP contribution in [-0.4, -0.2) is 47.2 Å². The summed E-state index contributed by atoms with van der Waals surface area (Å²) in [6.07, 6.45) is 3.07. The van der Waals surface area contributed by atoms with Crippen LogP contribution in [0, 0.1) is 16.0 Å². The van der Waals surface area contributed by atoms with E-state index in [9.17, 15) is 19.7 Å². The molecule has 1 N–H and O–H groups in total. The molecule has 9 nitrogen and oxygen atoms in total. The summed E-state index contributed by atoms with van der Waals surface area (Å²) in [6, 6.07) is 14.8. The average Bonchev–Trinajstić information content (AvgIpc) is 3.33. The number of ketones is 1. The lowest BCUT2D eigenvalue weighted by Crippen LogP contribution is -2.51. The quantitative estimate of drug-likeness (QED) is 0.354. The van der Waals surface area contributed by atoms with Gasteiger partial charge in [0, 0.05) is 53.8 Å². The predicted octanol–water partition coefficient (Wildman–Crippen LogP) is 3.37. The number of carbonyl (C=O) groups is 2. The van der Waals surface area contributed by atoms with E-state index in [1.165, 1.54) is 24.5 Å². The normalized spacial score (nSPS) is 23.5. The van der Waals surface area contributed by atoms with Gasteiger partial charge < -0.3 is 10.1 Å². The van der Waals surface area contributed by atoms with Gasteiger partial charge in [-0.1, -0.05) is 12.1 Å². The van der Waals surface area contributed by atoms with Crippen LogP contribution in [0.5, 0.6) is 5.75 Å². The summed E-state index contributed by atoms with van der Waals surface area (Å²) in [5.74, 6) is -1.27. The third-order valence-corrected chi connectivity index (χ3v) is 6.91. The third-order valence-electron chi connectivity index (χ3n) is 6.91. The number of non-ortho nitro benzene ring substituents is 1. The second-order valence-electron chi connectivity index (χ2n) is 8.55. The number of aromatic nitrogens is 1. The summed E-state index contributed by atoms with van der Waals surface area (Å²) in [4.78, 5) is 44.6. The van der Waals surface area contributed by atoms with Crippen molar-refractivity contribution in [2.75, 3.05) is 26.0 Å². The van der Waals surface area contributed by atoms with Gasteiger partial charge in [-0.15, -0.1) is 0 Å². The van der Waals surface area contributed by atoms with E-state index in [4.69, 9.17) is 4.74 Å². The van der Waals surface area contributed by atoms with Crippen molar-refractivity contribution < 1.29 is 19.2 Å². The largest absolute Gasteiger partial charge is 0.497 e. The maximum absolute atomic E-state index is 14.1. The fourth-order valence-electron chi connectivity index (χ4n) is 5.41. The molecule has 1 amide bonds. The first-order valence-electron chi connectivity index (χ1n) is 10.8. The first-order chi connectivity index (χ1) is 16.4. The van der Waals surface area contributed by atoms with E-state index in [2.05, 4.69) is 10.3 Å². The van der Waals surface area contributed by atoms with Crippen molar-refractivity contribution in [1.29, 1.82) is 0 Å². The SMILES string of the molecule is COc1ccc2c(c1)[C@]1(C(=O)N2)[C@@H](C(=O)c2ccncc2)[C@@H](c2cccc([N+](=O)[O-])c2)CN1C. The van der Waals surface area contributed by atoms with Gasteiger partial charge in [0.2, 0.25) is 5.91 Å². The standard InChI is InChI=1S/C25H22N4O5/c1-28-14-19(16-4-3-5-17(12-16)29(32)33)22(23(30)15-8-10-26-11-9-15)25(28)20-13-18(34-2)6-7-21(20)27-24(25)31/h3-13,19,22H,14H2,1-2H3,(H,27,31)/t19-,22-,25-/m1/s1. The number of ether oxygens (including phenoxy) is 1. The fraction of sp³-hybridized carbons (Fsp3) is 0.240. The molecule has 0 unspecified atom stereocenters. The number of anilines is 1. The molecule has 9 heteroatoms. The van der Waals surface area contributed by atoms with Crippen molar-refractivity contribution in [1.82, 2.24) is 9.88 Å². The summed E-state index contributed by atoms with van der Waals surface area (Å²) in [7, 11) is 3.35. The lowest BCUT2D eigenvalue weighted by Gasteiger charge is -2.35. The third kappa shape index (κ3) is 3.08. The number of likely N-dealkylation sites (tertiary alicyclic amines) is 1. The van der Waals surface area contributed by atoms with Crippen LogP contribution >= 0.6 is 0 Å². The number of nitro benzene ring substituents is 1. The molecule has 5 rings (SSSR count). The molecule has 1 fully saturated rings. The highest BCUT2D eigenvalue weighted by Crippen LogP contribution is 2.56. The maximum atomic E-state index is 14.1. The number of nitro groups is 1. The topological polar surface area (TPSA) is 115 Å². The smallest absolute Gasteiger partial charge is 0.269 e. The van der Waals surface area contributed by atoms with Gasteiger partial charge in [0.05, 0.1) is 18.0 Å². The minimum absolute atomic E-state index is 0.0610. The molecule has 0 radical (unpaired) electrons. The number of hydrogen-bond acceptors (Lipinski definition) is 7. The molecule has 0 bridgehead atoms. The first kappa shape index (κ1) is 21.7. The Morgan fingerprint density at radius 2 is 1.97 bits per heavy atom. The molecule has 2 aliphatic heterocycles. The fourth-order valence-corrected chi connectivity index (χ4v) is 5.41. The highest BCUT2D eigenvalue weighted by Gasteiger charge is 2.64. The molecule has 3 heterocycles. The van der Waals surface area contributed by atoms with Crippen LogP contribution in [0.3, 0.4) is 0 Å². The molecule has 2 aliphatic rings. The molecule has 3 aromatic rings. The van der Waals surface area contributed by atoms with Crippen LogP contribution in [0.1, 0.15) is 27.4 Å². The Hall–Kier alpha value is -4.11. The van der Waals surface area contributed by atoms with Gasteiger partial charge in [0.25, 0.3) is 5.69 Å². The van der Waals surface area contributed by atoms with E-state index in [1.54, 1.807) is 56.6 Å². The van der Waals surface area contributed by atoms with Gasteiger partial charge in [-0.05, 0) is 42.9 Å². The second-order valence-corrected chi connectivity index (χ2v) is 8.55. The Labute approximate surface area is 195 Å². The minimum Gasteiger partial charge on any atom is -0.497 e. The van der Waals surface area contributed by atoms with E-state index in [0.29, 0.717) is 34.7 Å². The van der Waals surface area contributed by atoms with Crippen LogP contribution in [0.4, 0.5) is 11.4 Å². The predicted molar refractivity (Wildman–Crippen MR) is 124 cm³/mol. The molecule has 172 valence electrons. The molecule has 0 saturated carbocycles. The molecular formula is C25H22N4O5. The van der Waals surface area contributed by atoms with Gasteiger partial charge in [0.1, 0.15) is 11.3 Å². The van der Waals surface area contributed by atoms with Gasteiger partial charge in [-0.3, -0.25) is 29.6 Å². The first-order valence-corrected chi connectivity index (χ1v) is 10.8. The number of amides is 1. The Morgan fingerprint density at radius 3 is 2.68 bits per heavy atom.